The summed E-state index contributed by atoms with van der Waals surface area (Å²) in [6, 6.07) is 1.70. The molecule has 1 aromatic rings. The number of hydrogen-bond donors (Lipinski definition) is 0. The Kier molecular flexibility index (Phi) is 3.62. The van der Waals surface area contributed by atoms with E-state index in [2.05, 4.69) is 14.8 Å². The number of hydrogen-bond acceptors (Lipinski definition) is 4. The molecule has 0 aromatic carbocycles. The summed E-state index contributed by atoms with van der Waals surface area (Å²) < 4.78 is 40.5. The van der Waals surface area contributed by atoms with Gasteiger partial charge in [0.05, 0.1) is 13.2 Å². The van der Waals surface area contributed by atoms with Gasteiger partial charge < -0.3 is 4.74 Å². The number of rotatable bonds is 4. The Morgan fingerprint density at radius 2 is 2.27 bits per heavy atom. The first-order valence-electron chi connectivity index (χ1n) is 3.95. The predicted molar refractivity (Wildman–Crippen MR) is 41.6 cm³/mol. The number of nitrogens with zero attached hydrogens (tertiary/aromatic N) is 4. The van der Waals surface area contributed by atoms with Crippen molar-refractivity contribution in [1.82, 2.24) is 14.8 Å². The highest BCUT2D eigenvalue weighted by molar-refractivity contribution is 5.05. The summed E-state index contributed by atoms with van der Waals surface area (Å²) in [5, 5.41) is 12.0. The summed E-state index contributed by atoms with van der Waals surface area (Å²) >= 11 is 0. The molecule has 0 saturated heterocycles. The van der Waals surface area contributed by atoms with Crippen molar-refractivity contribution in [2.45, 2.75) is 12.7 Å². The molecule has 0 aliphatic rings. The Morgan fingerprint density at radius 1 is 1.53 bits per heavy atom. The van der Waals surface area contributed by atoms with Gasteiger partial charge >= 0.3 is 6.18 Å². The molecule has 0 fully saturated rings. The summed E-state index contributed by atoms with van der Waals surface area (Å²) in [4.78, 5) is 3.58. The predicted octanol–water partition coefficient (Wildman–Crippen LogP) is 0.729. The van der Waals surface area contributed by atoms with Crippen LogP contribution in [0, 0.1) is 11.3 Å². The van der Waals surface area contributed by atoms with Crippen molar-refractivity contribution in [2.75, 3.05) is 13.2 Å². The van der Waals surface area contributed by atoms with Crippen LogP contribution >= 0.6 is 0 Å². The maximum Gasteiger partial charge on any atom is 0.411 e. The lowest BCUT2D eigenvalue weighted by Gasteiger charge is -2.06. The van der Waals surface area contributed by atoms with E-state index in [4.69, 9.17) is 5.26 Å². The second kappa shape index (κ2) is 4.75. The highest BCUT2D eigenvalue weighted by Gasteiger charge is 2.27. The standard InChI is InChI=1S/C7H7F3N4O/c8-7(9,10)4-15-2-1-14-5-12-6(3-11)13-14/h5H,1-2,4H2. The van der Waals surface area contributed by atoms with Gasteiger partial charge in [-0.2, -0.15) is 18.4 Å². The summed E-state index contributed by atoms with van der Waals surface area (Å²) in [5.41, 5.74) is 0. The molecule has 0 saturated carbocycles. The van der Waals surface area contributed by atoms with Crippen molar-refractivity contribution in [2.24, 2.45) is 0 Å². The SMILES string of the molecule is N#Cc1ncn(CCOCC(F)(F)F)n1. The van der Waals surface area contributed by atoms with Crippen LogP contribution in [0.2, 0.25) is 0 Å². The van der Waals surface area contributed by atoms with Crippen molar-refractivity contribution >= 4 is 0 Å². The van der Waals surface area contributed by atoms with E-state index in [9.17, 15) is 13.2 Å². The molecule has 0 radical (unpaired) electrons. The largest absolute Gasteiger partial charge is 0.411 e. The van der Waals surface area contributed by atoms with Crippen molar-refractivity contribution < 1.29 is 17.9 Å². The van der Waals surface area contributed by atoms with Gasteiger partial charge in [-0.15, -0.1) is 5.10 Å². The van der Waals surface area contributed by atoms with Crippen molar-refractivity contribution in [1.29, 1.82) is 5.26 Å². The van der Waals surface area contributed by atoms with Gasteiger partial charge in [-0.3, -0.25) is 0 Å². The topological polar surface area (TPSA) is 63.7 Å². The first-order valence-corrected chi connectivity index (χ1v) is 3.95. The second-order valence-corrected chi connectivity index (χ2v) is 2.61. The lowest BCUT2D eigenvalue weighted by Crippen LogP contribution is -2.19. The third-order valence-corrected chi connectivity index (χ3v) is 1.37. The van der Waals surface area contributed by atoms with Gasteiger partial charge in [0.15, 0.2) is 0 Å². The molecule has 0 aliphatic carbocycles. The summed E-state index contributed by atoms with van der Waals surface area (Å²) in [6.45, 7) is -1.29. The lowest BCUT2D eigenvalue weighted by atomic mass is 10.6. The summed E-state index contributed by atoms with van der Waals surface area (Å²) in [5.74, 6) is -0.0224. The molecule has 1 aromatic heterocycles. The smallest absolute Gasteiger partial charge is 0.370 e. The monoisotopic (exact) mass is 220 g/mol. The molecular weight excluding hydrogens is 213 g/mol. The molecule has 1 rings (SSSR count). The van der Waals surface area contributed by atoms with Gasteiger partial charge in [0.25, 0.3) is 5.82 Å². The molecule has 15 heavy (non-hydrogen) atoms. The Morgan fingerprint density at radius 3 is 2.80 bits per heavy atom. The van der Waals surface area contributed by atoms with Crippen LogP contribution in [-0.2, 0) is 11.3 Å². The minimum Gasteiger partial charge on any atom is -0.370 e. The van der Waals surface area contributed by atoms with E-state index < -0.39 is 12.8 Å². The van der Waals surface area contributed by atoms with Gasteiger partial charge in [0.2, 0.25) is 0 Å². The van der Waals surface area contributed by atoms with Crippen molar-refractivity contribution in [3.63, 3.8) is 0 Å². The van der Waals surface area contributed by atoms with Crippen LogP contribution in [0.25, 0.3) is 0 Å². The number of nitriles is 1. The fraction of sp³-hybridized carbons (Fsp3) is 0.571. The molecule has 82 valence electrons. The minimum absolute atomic E-state index is 0.0224. The zero-order valence-electron chi connectivity index (χ0n) is 7.53. The molecule has 0 N–H and O–H groups in total. The normalized spacial score (nSPS) is 11.3. The minimum atomic E-state index is -4.32. The zero-order chi connectivity index (χ0) is 11.3. The van der Waals surface area contributed by atoms with Gasteiger partial charge in [0, 0.05) is 0 Å². The fourth-order valence-electron chi connectivity index (χ4n) is 0.800. The van der Waals surface area contributed by atoms with Crippen molar-refractivity contribution in [3.05, 3.63) is 12.2 Å². The Labute approximate surface area is 83.1 Å². The highest BCUT2D eigenvalue weighted by Crippen LogP contribution is 2.14. The van der Waals surface area contributed by atoms with Gasteiger partial charge in [-0.25, -0.2) is 9.67 Å². The summed E-state index contributed by atoms with van der Waals surface area (Å²) in [6.07, 6.45) is -3.06. The highest BCUT2D eigenvalue weighted by atomic mass is 19.4. The molecule has 0 spiro atoms. The zero-order valence-corrected chi connectivity index (χ0v) is 7.53. The summed E-state index contributed by atoms with van der Waals surface area (Å²) in [7, 11) is 0. The van der Waals surface area contributed by atoms with Crippen LogP contribution in [-0.4, -0.2) is 34.2 Å². The van der Waals surface area contributed by atoms with Gasteiger partial charge in [-0.05, 0) is 0 Å². The first kappa shape index (κ1) is 11.5. The van der Waals surface area contributed by atoms with E-state index >= 15 is 0 Å². The Bertz CT molecular complexity index is 354. The molecule has 8 heteroatoms. The molecule has 0 aliphatic heterocycles. The van der Waals surface area contributed by atoms with Crippen LogP contribution in [0.1, 0.15) is 5.82 Å². The first-order chi connectivity index (χ1) is 7.01. The number of alkyl halides is 3. The van der Waals surface area contributed by atoms with E-state index in [1.807, 2.05) is 0 Å². The second-order valence-electron chi connectivity index (χ2n) is 2.61. The van der Waals surface area contributed by atoms with E-state index in [1.165, 1.54) is 11.0 Å². The number of ether oxygens (including phenoxy) is 1. The fourth-order valence-corrected chi connectivity index (χ4v) is 0.800. The Balaban J connectivity index is 2.24. The molecule has 0 amide bonds. The number of aromatic nitrogens is 3. The van der Waals surface area contributed by atoms with Crippen LogP contribution < -0.4 is 0 Å². The average molecular weight is 220 g/mol. The lowest BCUT2D eigenvalue weighted by molar-refractivity contribution is -0.174. The van der Waals surface area contributed by atoms with Crippen LogP contribution in [0.5, 0.6) is 0 Å². The molecular formula is C7H7F3N4O. The molecule has 1 heterocycles. The van der Waals surface area contributed by atoms with Crippen LogP contribution in [0.4, 0.5) is 13.2 Å². The average Bonchev–Trinajstić information content (AvgIpc) is 2.59. The van der Waals surface area contributed by atoms with E-state index in [0.717, 1.165) is 0 Å². The number of halogens is 3. The van der Waals surface area contributed by atoms with Crippen molar-refractivity contribution in [3.8, 4) is 6.07 Å². The van der Waals surface area contributed by atoms with E-state index in [1.54, 1.807) is 6.07 Å². The van der Waals surface area contributed by atoms with E-state index in [0.29, 0.717) is 0 Å². The molecule has 0 atom stereocenters. The molecule has 0 bridgehead atoms. The van der Waals surface area contributed by atoms with Gasteiger partial charge in [-0.1, -0.05) is 0 Å². The molecule has 0 unspecified atom stereocenters. The van der Waals surface area contributed by atoms with Crippen LogP contribution in [0.15, 0.2) is 6.33 Å². The van der Waals surface area contributed by atoms with E-state index in [-0.39, 0.29) is 19.0 Å². The maximum atomic E-state index is 11.6. The molecule has 5 nitrogen and oxygen atoms in total. The maximum absolute atomic E-state index is 11.6. The quantitative estimate of drug-likeness (QED) is 0.701. The third-order valence-electron chi connectivity index (χ3n) is 1.37. The van der Waals surface area contributed by atoms with Crippen LogP contribution in [0.3, 0.4) is 0 Å². The third kappa shape index (κ3) is 4.42. The Hall–Kier alpha value is -1.62. The van der Waals surface area contributed by atoms with Gasteiger partial charge in [0.1, 0.15) is 19.0 Å².